The van der Waals surface area contributed by atoms with Crippen molar-refractivity contribution in [2.75, 3.05) is 5.32 Å². The second-order valence-electron chi connectivity index (χ2n) is 5.46. The molecule has 0 aromatic heterocycles. The van der Waals surface area contributed by atoms with E-state index in [2.05, 4.69) is 91.1 Å². The van der Waals surface area contributed by atoms with Gasteiger partial charge in [0.2, 0.25) is 0 Å². The Kier molecular flexibility index (Phi) is 4.55. The molecule has 0 radical (unpaired) electrons. The third-order valence-corrected chi connectivity index (χ3v) is 3.94. The van der Waals surface area contributed by atoms with Gasteiger partial charge in [-0.25, -0.2) is 0 Å². The number of nitrogens with one attached hydrogen (secondary N) is 1. The van der Waals surface area contributed by atoms with Gasteiger partial charge >= 0.3 is 0 Å². The van der Waals surface area contributed by atoms with Crippen LogP contribution in [0.3, 0.4) is 0 Å². The standard InChI is InChI=1S/C21H21N/c1-2-21(19-11-7-4-8-12-19)22-20-15-13-18(14-16-20)17-9-5-3-6-10-17/h3-16,21-22H,2H2,1H3/t21-/m0/s1. The van der Waals surface area contributed by atoms with Gasteiger partial charge in [0, 0.05) is 5.69 Å². The van der Waals surface area contributed by atoms with Gasteiger partial charge in [0.1, 0.15) is 0 Å². The van der Waals surface area contributed by atoms with Gasteiger partial charge in [0.05, 0.1) is 6.04 Å². The Morgan fingerprint density at radius 2 is 1.23 bits per heavy atom. The number of rotatable bonds is 5. The molecule has 0 aliphatic rings. The summed E-state index contributed by atoms with van der Waals surface area (Å²) >= 11 is 0. The molecule has 0 heterocycles. The Balaban J connectivity index is 1.76. The summed E-state index contributed by atoms with van der Waals surface area (Å²) in [6, 6.07) is 30.1. The summed E-state index contributed by atoms with van der Waals surface area (Å²) in [7, 11) is 0. The molecule has 0 spiro atoms. The summed E-state index contributed by atoms with van der Waals surface area (Å²) in [6.45, 7) is 2.21. The van der Waals surface area contributed by atoms with Crippen LogP contribution in [-0.2, 0) is 0 Å². The molecule has 0 fully saturated rings. The molecule has 1 heteroatoms. The molecule has 0 saturated heterocycles. The third kappa shape index (κ3) is 3.37. The van der Waals surface area contributed by atoms with Gasteiger partial charge in [-0.15, -0.1) is 0 Å². The predicted octanol–water partition coefficient (Wildman–Crippen LogP) is 5.92. The summed E-state index contributed by atoms with van der Waals surface area (Å²) < 4.78 is 0. The van der Waals surface area contributed by atoms with Crippen molar-refractivity contribution in [1.82, 2.24) is 0 Å². The smallest absolute Gasteiger partial charge is 0.0511 e. The predicted molar refractivity (Wildman–Crippen MR) is 95.0 cm³/mol. The van der Waals surface area contributed by atoms with Crippen molar-refractivity contribution in [3.05, 3.63) is 90.5 Å². The van der Waals surface area contributed by atoms with Gasteiger partial charge < -0.3 is 5.32 Å². The van der Waals surface area contributed by atoms with Crippen LogP contribution in [0.5, 0.6) is 0 Å². The van der Waals surface area contributed by atoms with Gasteiger partial charge in [-0.3, -0.25) is 0 Å². The minimum absolute atomic E-state index is 0.351. The third-order valence-electron chi connectivity index (χ3n) is 3.94. The van der Waals surface area contributed by atoms with E-state index < -0.39 is 0 Å². The topological polar surface area (TPSA) is 12.0 Å². The van der Waals surface area contributed by atoms with Crippen LogP contribution < -0.4 is 5.32 Å². The lowest BCUT2D eigenvalue weighted by atomic mass is 10.0. The molecular formula is C21H21N. The molecule has 0 amide bonds. The quantitative estimate of drug-likeness (QED) is 0.614. The van der Waals surface area contributed by atoms with E-state index in [4.69, 9.17) is 0 Å². The van der Waals surface area contributed by atoms with Crippen LogP contribution in [0.2, 0.25) is 0 Å². The first-order valence-corrected chi connectivity index (χ1v) is 7.84. The first kappa shape index (κ1) is 14.4. The maximum atomic E-state index is 3.62. The van der Waals surface area contributed by atoms with Gasteiger partial charge in [0.15, 0.2) is 0 Å². The fraction of sp³-hybridized carbons (Fsp3) is 0.143. The summed E-state index contributed by atoms with van der Waals surface area (Å²) in [5.41, 5.74) is 5.00. The summed E-state index contributed by atoms with van der Waals surface area (Å²) in [4.78, 5) is 0. The second-order valence-corrected chi connectivity index (χ2v) is 5.46. The van der Waals surface area contributed by atoms with Crippen molar-refractivity contribution in [2.24, 2.45) is 0 Å². The minimum atomic E-state index is 0.351. The average molecular weight is 287 g/mol. The molecule has 1 atom stereocenters. The lowest BCUT2D eigenvalue weighted by Crippen LogP contribution is -2.09. The van der Waals surface area contributed by atoms with Gasteiger partial charge in [-0.1, -0.05) is 79.7 Å². The molecular weight excluding hydrogens is 266 g/mol. The molecule has 22 heavy (non-hydrogen) atoms. The van der Waals surface area contributed by atoms with Crippen LogP contribution in [0.15, 0.2) is 84.9 Å². The Hall–Kier alpha value is -2.54. The van der Waals surface area contributed by atoms with Crippen LogP contribution >= 0.6 is 0 Å². The maximum Gasteiger partial charge on any atom is 0.0511 e. The monoisotopic (exact) mass is 287 g/mol. The van der Waals surface area contributed by atoms with E-state index >= 15 is 0 Å². The van der Waals surface area contributed by atoms with Crippen LogP contribution in [0.4, 0.5) is 5.69 Å². The van der Waals surface area contributed by atoms with E-state index in [-0.39, 0.29) is 0 Å². The van der Waals surface area contributed by atoms with Crippen LogP contribution in [-0.4, -0.2) is 0 Å². The highest BCUT2D eigenvalue weighted by Gasteiger charge is 2.08. The molecule has 0 aliphatic heterocycles. The average Bonchev–Trinajstić information content (AvgIpc) is 2.62. The van der Waals surface area contributed by atoms with E-state index in [1.54, 1.807) is 0 Å². The van der Waals surface area contributed by atoms with Gasteiger partial charge in [-0.2, -0.15) is 0 Å². The van der Waals surface area contributed by atoms with Gasteiger partial charge in [-0.05, 0) is 35.2 Å². The van der Waals surface area contributed by atoms with E-state index in [0.717, 1.165) is 12.1 Å². The number of anilines is 1. The summed E-state index contributed by atoms with van der Waals surface area (Å²) in [6.07, 6.45) is 1.06. The lowest BCUT2D eigenvalue weighted by molar-refractivity contribution is 0.749. The van der Waals surface area contributed by atoms with Crippen LogP contribution in [0.25, 0.3) is 11.1 Å². The summed E-state index contributed by atoms with van der Waals surface area (Å²) in [5, 5.41) is 3.62. The highest BCUT2D eigenvalue weighted by atomic mass is 14.9. The first-order valence-electron chi connectivity index (χ1n) is 7.84. The number of benzene rings is 3. The fourth-order valence-corrected chi connectivity index (χ4v) is 2.70. The largest absolute Gasteiger partial charge is 0.378 e. The molecule has 0 bridgehead atoms. The Labute approximate surface area is 132 Å². The van der Waals surface area contributed by atoms with Crippen molar-refractivity contribution < 1.29 is 0 Å². The lowest BCUT2D eigenvalue weighted by Gasteiger charge is -2.19. The number of hydrogen-bond acceptors (Lipinski definition) is 1. The van der Waals surface area contributed by atoms with Crippen LogP contribution in [0.1, 0.15) is 24.9 Å². The maximum absolute atomic E-state index is 3.62. The Morgan fingerprint density at radius 1 is 0.682 bits per heavy atom. The van der Waals surface area contributed by atoms with Gasteiger partial charge in [0.25, 0.3) is 0 Å². The van der Waals surface area contributed by atoms with E-state index in [0.29, 0.717) is 6.04 Å². The molecule has 3 rings (SSSR count). The molecule has 1 nitrogen and oxygen atoms in total. The molecule has 110 valence electrons. The van der Waals surface area contributed by atoms with E-state index in [9.17, 15) is 0 Å². The zero-order valence-corrected chi connectivity index (χ0v) is 12.9. The Morgan fingerprint density at radius 3 is 1.82 bits per heavy atom. The van der Waals surface area contributed by atoms with Crippen molar-refractivity contribution in [3.8, 4) is 11.1 Å². The fourth-order valence-electron chi connectivity index (χ4n) is 2.70. The number of hydrogen-bond donors (Lipinski definition) is 1. The van der Waals surface area contributed by atoms with E-state index in [1.165, 1.54) is 16.7 Å². The molecule has 3 aromatic rings. The molecule has 1 N–H and O–H groups in total. The Bertz CT molecular complexity index is 687. The van der Waals surface area contributed by atoms with Crippen molar-refractivity contribution in [2.45, 2.75) is 19.4 Å². The normalized spacial score (nSPS) is 11.9. The minimum Gasteiger partial charge on any atom is -0.378 e. The SMILES string of the molecule is CC[C@H](Nc1ccc(-c2ccccc2)cc1)c1ccccc1. The second kappa shape index (κ2) is 6.95. The van der Waals surface area contributed by atoms with Crippen molar-refractivity contribution >= 4 is 5.69 Å². The highest BCUT2D eigenvalue weighted by molar-refractivity contribution is 5.66. The van der Waals surface area contributed by atoms with Crippen LogP contribution in [0, 0.1) is 0 Å². The first-order chi connectivity index (χ1) is 10.9. The zero-order chi connectivity index (χ0) is 15.2. The highest BCUT2D eigenvalue weighted by Crippen LogP contribution is 2.25. The molecule has 0 unspecified atom stereocenters. The zero-order valence-electron chi connectivity index (χ0n) is 12.9. The molecule has 0 aliphatic carbocycles. The van der Waals surface area contributed by atoms with Crippen molar-refractivity contribution in [1.29, 1.82) is 0 Å². The molecule has 0 saturated carbocycles. The summed E-state index contributed by atoms with van der Waals surface area (Å²) in [5.74, 6) is 0. The van der Waals surface area contributed by atoms with E-state index in [1.807, 2.05) is 6.07 Å². The van der Waals surface area contributed by atoms with Crippen molar-refractivity contribution in [3.63, 3.8) is 0 Å². The molecule has 3 aromatic carbocycles.